The number of hydrazone groups is 1. The maximum atomic E-state index is 12.8. The van der Waals surface area contributed by atoms with Crippen molar-refractivity contribution in [3.8, 4) is 34.5 Å². The van der Waals surface area contributed by atoms with Crippen LogP contribution in [-0.4, -0.2) is 23.3 Å². The Morgan fingerprint density at radius 1 is 1.12 bits per heavy atom. The van der Waals surface area contributed by atoms with Crippen molar-refractivity contribution in [2.75, 3.05) is 12.0 Å². The molecule has 0 saturated heterocycles. The first-order valence-electron chi connectivity index (χ1n) is 10.2. The lowest BCUT2D eigenvalue weighted by atomic mass is 9.99. The molecule has 0 spiro atoms. The highest BCUT2D eigenvalue weighted by Crippen LogP contribution is 2.43. The largest absolute Gasteiger partial charge is 0.462 e. The van der Waals surface area contributed by atoms with Gasteiger partial charge in [-0.15, -0.1) is 11.3 Å². The van der Waals surface area contributed by atoms with Crippen LogP contribution in [0.1, 0.15) is 16.6 Å². The summed E-state index contributed by atoms with van der Waals surface area (Å²) < 4.78 is 5.24. The fourth-order valence-corrected chi connectivity index (χ4v) is 4.52. The normalized spacial score (nSPS) is 10.2. The molecule has 0 fully saturated rings. The number of aromatic nitrogens is 1. The van der Waals surface area contributed by atoms with Gasteiger partial charge in [-0.25, -0.2) is 9.78 Å². The van der Waals surface area contributed by atoms with Crippen LogP contribution in [0.3, 0.4) is 0 Å². The van der Waals surface area contributed by atoms with Crippen molar-refractivity contribution >= 4 is 50.5 Å². The van der Waals surface area contributed by atoms with E-state index >= 15 is 0 Å². The summed E-state index contributed by atoms with van der Waals surface area (Å²) in [6.45, 7) is 1.90. The van der Waals surface area contributed by atoms with E-state index in [1.165, 1.54) is 0 Å². The molecule has 0 aliphatic carbocycles. The molecule has 1 N–H and O–H groups in total. The molecular formula is C25H16ClN5O2S. The van der Waals surface area contributed by atoms with Crippen LogP contribution < -0.4 is 5.43 Å². The Balaban J connectivity index is 2.04. The number of rotatable bonds is 6. The number of carbonyl (C=O) groups is 1. The first-order chi connectivity index (χ1) is 16.5. The molecule has 2 heterocycles. The van der Waals surface area contributed by atoms with Gasteiger partial charge in [-0.2, -0.15) is 15.6 Å². The second-order valence-corrected chi connectivity index (χ2v) is 8.37. The molecule has 4 rings (SSSR count). The number of nitriles is 2. The van der Waals surface area contributed by atoms with Gasteiger partial charge in [0.2, 0.25) is 5.71 Å². The van der Waals surface area contributed by atoms with Crippen LogP contribution in [0.25, 0.3) is 32.6 Å². The molecule has 0 amide bonds. The molecule has 0 aliphatic rings. The van der Waals surface area contributed by atoms with Gasteiger partial charge in [-0.3, -0.25) is 5.43 Å². The van der Waals surface area contributed by atoms with Crippen LogP contribution in [0.15, 0.2) is 65.8 Å². The highest BCUT2D eigenvalue weighted by atomic mass is 35.5. The average Bonchev–Trinajstić information content (AvgIpc) is 3.24. The number of halogens is 1. The summed E-state index contributed by atoms with van der Waals surface area (Å²) in [5.74, 6) is -0.554. The van der Waals surface area contributed by atoms with Crippen LogP contribution in [0.4, 0.5) is 5.69 Å². The van der Waals surface area contributed by atoms with E-state index in [1.54, 1.807) is 31.2 Å². The number of nitrogens with zero attached hydrogens (tertiary/aromatic N) is 4. The number of hydrogen-bond donors (Lipinski definition) is 1. The molecule has 0 atom stereocenters. The molecule has 7 nitrogen and oxygen atoms in total. The number of fused-ring (bicyclic) bond motifs is 1. The van der Waals surface area contributed by atoms with Gasteiger partial charge in [0.1, 0.15) is 21.8 Å². The van der Waals surface area contributed by atoms with Crippen LogP contribution in [0.2, 0.25) is 5.02 Å². The molecule has 0 unspecified atom stereocenters. The van der Waals surface area contributed by atoms with E-state index in [0.29, 0.717) is 20.9 Å². The summed E-state index contributed by atoms with van der Waals surface area (Å²) in [6, 6.07) is 22.3. The average molecular weight is 486 g/mol. The third-order valence-corrected chi connectivity index (χ3v) is 6.15. The molecule has 0 bridgehead atoms. The first kappa shape index (κ1) is 22.9. The van der Waals surface area contributed by atoms with Gasteiger partial charge in [0.05, 0.1) is 18.0 Å². The Kier molecular flexibility index (Phi) is 6.84. The van der Waals surface area contributed by atoms with Crippen molar-refractivity contribution in [2.24, 2.45) is 5.10 Å². The SMILES string of the molecule is CCOC(=O)c1sc2nc(-c3ccccc3)cc(-c3ccc(Cl)cc3)c2c1NN=C(C#N)C#N. The fraction of sp³-hybridized carbons (Fsp3) is 0.0800. The zero-order chi connectivity index (χ0) is 24.1. The van der Waals surface area contributed by atoms with Crippen LogP contribution in [0, 0.1) is 22.7 Å². The third-order valence-electron chi connectivity index (χ3n) is 4.84. The monoisotopic (exact) mass is 485 g/mol. The molecule has 34 heavy (non-hydrogen) atoms. The van der Waals surface area contributed by atoms with Crippen molar-refractivity contribution in [1.82, 2.24) is 4.98 Å². The van der Waals surface area contributed by atoms with E-state index < -0.39 is 5.97 Å². The number of anilines is 1. The lowest BCUT2D eigenvalue weighted by Gasteiger charge is -2.10. The second kappa shape index (κ2) is 10.1. The molecule has 0 aliphatic heterocycles. The second-order valence-electron chi connectivity index (χ2n) is 6.93. The maximum Gasteiger partial charge on any atom is 0.350 e. The number of hydrogen-bond acceptors (Lipinski definition) is 8. The number of carbonyl (C=O) groups excluding carboxylic acids is 1. The molecule has 166 valence electrons. The number of benzene rings is 2. The summed E-state index contributed by atoms with van der Waals surface area (Å²) in [5.41, 5.74) is 5.94. The molecule has 4 aromatic rings. The summed E-state index contributed by atoms with van der Waals surface area (Å²) in [4.78, 5) is 18.4. The van der Waals surface area contributed by atoms with E-state index in [-0.39, 0.29) is 17.2 Å². The minimum atomic E-state index is -0.554. The van der Waals surface area contributed by atoms with Crippen LogP contribution >= 0.6 is 22.9 Å². The quantitative estimate of drug-likeness (QED) is 0.195. The molecular weight excluding hydrogens is 470 g/mol. The number of thiophene rings is 1. The van der Waals surface area contributed by atoms with Crippen molar-refractivity contribution in [3.63, 3.8) is 0 Å². The van der Waals surface area contributed by atoms with Gasteiger partial charge in [-0.05, 0) is 36.2 Å². The van der Waals surface area contributed by atoms with Gasteiger partial charge in [0.25, 0.3) is 0 Å². The van der Waals surface area contributed by atoms with E-state index in [2.05, 4.69) is 10.5 Å². The number of ether oxygens (including phenoxy) is 1. The Morgan fingerprint density at radius 2 is 1.82 bits per heavy atom. The minimum absolute atomic E-state index is 0.185. The zero-order valence-corrected chi connectivity index (χ0v) is 19.4. The maximum absolute atomic E-state index is 12.8. The van der Waals surface area contributed by atoms with Crippen molar-refractivity contribution < 1.29 is 9.53 Å². The smallest absolute Gasteiger partial charge is 0.350 e. The Hall–Kier alpha value is -4.24. The van der Waals surface area contributed by atoms with Crippen molar-refractivity contribution in [3.05, 3.63) is 70.6 Å². The van der Waals surface area contributed by atoms with Crippen LogP contribution in [-0.2, 0) is 4.74 Å². The van der Waals surface area contributed by atoms with Gasteiger partial charge >= 0.3 is 5.97 Å². The highest BCUT2D eigenvalue weighted by molar-refractivity contribution is 7.21. The first-order valence-corrected chi connectivity index (χ1v) is 11.3. The molecule has 9 heteroatoms. The summed E-state index contributed by atoms with van der Waals surface area (Å²) >= 11 is 7.26. The molecule has 0 radical (unpaired) electrons. The standard InChI is InChI=1S/C25H16ClN5O2S/c1-2-33-25(32)23-22(31-30-18(13-27)14-28)21-19(15-8-10-17(26)11-9-15)12-20(29-24(21)34-23)16-6-4-3-5-7-16/h3-12,31H,2H2,1H3. The lowest BCUT2D eigenvalue weighted by molar-refractivity contribution is 0.0533. The van der Waals surface area contributed by atoms with E-state index in [4.69, 9.17) is 31.8 Å². The third kappa shape index (κ3) is 4.60. The van der Waals surface area contributed by atoms with E-state index in [1.807, 2.05) is 48.5 Å². The molecule has 0 saturated carbocycles. The summed E-state index contributed by atoms with van der Waals surface area (Å²) in [5, 5.41) is 23.3. The van der Waals surface area contributed by atoms with E-state index in [0.717, 1.165) is 33.7 Å². The van der Waals surface area contributed by atoms with E-state index in [9.17, 15) is 4.79 Å². The minimum Gasteiger partial charge on any atom is -0.462 e. The van der Waals surface area contributed by atoms with Gasteiger partial charge in [0, 0.05) is 16.0 Å². The van der Waals surface area contributed by atoms with Crippen LogP contribution in [0.5, 0.6) is 0 Å². The van der Waals surface area contributed by atoms with Crippen molar-refractivity contribution in [2.45, 2.75) is 6.92 Å². The van der Waals surface area contributed by atoms with Gasteiger partial charge < -0.3 is 4.74 Å². The Labute approximate surface area is 204 Å². The Morgan fingerprint density at radius 3 is 2.47 bits per heavy atom. The van der Waals surface area contributed by atoms with Crippen molar-refractivity contribution in [1.29, 1.82) is 10.5 Å². The topological polar surface area (TPSA) is 111 Å². The molecule has 2 aromatic heterocycles. The van der Waals surface area contributed by atoms with Gasteiger partial charge in [-0.1, -0.05) is 54.1 Å². The fourth-order valence-electron chi connectivity index (χ4n) is 3.35. The Bertz CT molecular complexity index is 1470. The molecule has 2 aromatic carbocycles. The number of pyridine rings is 1. The van der Waals surface area contributed by atoms with Gasteiger partial charge in [0.15, 0.2) is 0 Å². The summed E-state index contributed by atoms with van der Waals surface area (Å²) in [7, 11) is 0. The predicted octanol–water partition coefficient (Wildman–Crippen LogP) is 6.28. The number of nitrogens with one attached hydrogen (secondary N) is 1. The highest BCUT2D eigenvalue weighted by Gasteiger charge is 2.24. The number of esters is 1. The lowest BCUT2D eigenvalue weighted by Crippen LogP contribution is -2.06. The zero-order valence-electron chi connectivity index (χ0n) is 17.9. The predicted molar refractivity (Wildman–Crippen MR) is 134 cm³/mol. The summed E-state index contributed by atoms with van der Waals surface area (Å²) in [6.07, 6.45) is 0.